The van der Waals surface area contributed by atoms with Gasteiger partial charge < -0.3 is 4.42 Å². The van der Waals surface area contributed by atoms with E-state index in [1.54, 1.807) is 12.3 Å². The molecule has 5 heteroatoms. The smallest absolute Gasteiger partial charge is 0.269 e. The number of hydrazine groups is 1. The molecule has 0 bridgehead atoms. The number of carbonyl (C=O) groups is 2. The molecule has 3 aromatic rings. The molecule has 25 heavy (non-hydrogen) atoms. The summed E-state index contributed by atoms with van der Waals surface area (Å²) in [5, 5.41) is 0.904. The molecule has 128 valence electrons. The fraction of sp³-hybridized carbons (Fsp3) is 0.200. The maximum absolute atomic E-state index is 12.2. The van der Waals surface area contributed by atoms with Crippen LogP contribution in [0.3, 0.4) is 0 Å². The van der Waals surface area contributed by atoms with Gasteiger partial charge in [0, 0.05) is 16.5 Å². The predicted octanol–water partition coefficient (Wildman–Crippen LogP) is 3.36. The lowest BCUT2D eigenvalue weighted by atomic mass is 10.1. The van der Waals surface area contributed by atoms with Gasteiger partial charge in [-0.05, 0) is 44.0 Å². The van der Waals surface area contributed by atoms with E-state index in [4.69, 9.17) is 4.42 Å². The number of aryl methyl sites for hydroxylation is 3. The highest BCUT2D eigenvalue weighted by Gasteiger charge is 2.13. The molecule has 5 nitrogen and oxygen atoms in total. The van der Waals surface area contributed by atoms with Crippen molar-refractivity contribution < 1.29 is 14.0 Å². The van der Waals surface area contributed by atoms with Crippen LogP contribution in [-0.2, 0) is 11.2 Å². The number of amides is 2. The third-order valence-corrected chi connectivity index (χ3v) is 4.10. The summed E-state index contributed by atoms with van der Waals surface area (Å²) in [6.07, 6.45) is 1.71. The van der Waals surface area contributed by atoms with Gasteiger partial charge in [0.25, 0.3) is 5.91 Å². The van der Waals surface area contributed by atoms with E-state index in [2.05, 4.69) is 10.9 Å². The van der Waals surface area contributed by atoms with E-state index in [0.717, 1.165) is 33.2 Å². The number of rotatable bonds is 3. The number of hydrogen-bond acceptors (Lipinski definition) is 3. The molecule has 0 fully saturated rings. The van der Waals surface area contributed by atoms with Crippen LogP contribution in [0.2, 0.25) is 0 Å². The molecule has 0 unspecified atom stereocenters. The summed E-state index contributed by atoms with van der Waals surface area (Å²) in [6, 6.07) is 11.4. The van der Waals surface area contributed by atoms with Crippen LogP contribution in [0.1, 0.15) is 32.6 Å². The monoisotopic (exact) mass is 336 g/mol. The average molecular weight is 336 g/mol. The number of carbonyl (C=O) groups excluding carboxylic acids is 2. The summed E-state index contributed by atoms with van der Waals surface area (Å²) in [5.41, 5.74) is 10.0. The van der Waals surface area contributed by atoms with Crippen LogP contribution in [0.4, 0.5) is 0 Å². The molecule has 2 aromatic carbocycles. The Balaban J connectivity index is 1.63. The Bertz CT molecular complexity index is 957. The second-order valence-electron chi connectivity index (χ2n) is 6.26. The summed E-state index contributed by atoms with van der Waals surface area (Å²) < 4.78 is 5.49. The van der Waals surface area contributed by atoms with Crippen LogP contribution in [0.5, 0.6) is 0 Å². The van der Waals surface area contributed by atoms with Gasteiger partial charge in [-0.3, -0.25) is 20.4 Å². The first-order valence-corrected chi connectivity index (χ1v) is 8.07. The number of hydrogen-bond donors (Lipinski definition) is 2. The van der Waals surface area contributed by atoms with Gasteiger partial charge in [0.1, 0.15) is 5.58 Å². The number of fused-ring (bicyclic) bond motifs is 1. The maximum atomic E-state index is 12.2. The molecule has 2 amide bonds. The topological polar surface area (TPSA) is 71.3 Å². The van der Waals surface area contributed by atoms with Crippen molar-refractivity contribution in [2.75, 3.05) is 0 Å². The summed E-state index contributed by atoms with van der Waals surface area (Å²) in [6.45, 7) is 5.81. The van der Waals surface area contributed by atoms with Gasteiger partial charge in [-0.15, -0.1) is 0 Å². The summed E-state index contributed by atoms with van der Waals surface area (Å²) >= 11 is 0. The molecule has 0 spiro atoms. The highest BCUT2D eigenvalue weighted by atomic mass is 16.3. The minimum Gasteiger partial charge on any atom is -0.464 e. The molecule has 3 rings (SSSR count). The zero-order chi connectivity index (χ0) is 18.0. The standard InChI is InChI=1S/C20H20N2O3/c1-12-4-6-16(14(3)8-12)20(24)22-21-19(23)10-15-11-25-18-9-13(2)5-7-17(15)18/h4-9,11H,10H2,1-3H3,(H,21,23)(H,22,24). The van der Waals surface area contributed by atoms with Crippen molar-refractivity contribution in [3.8, 4) is 0 Å². The second-order valence-corrected chi connectivity index (χ2v) is 6.26. The second kappa shape index (κ2) is 6.81. The zero-order valence-corrected chi connectivity index (χ0v) is 14.5. The molecular weight excluding hydrogens is 316 g/mol. The Kier molecular flexibility index (Phi) is 4.57. The van der Waals surface area contributed by atoms with E-state index in [-0.39, 0.29) is 18.2 Å². The van der Waals surface area contributed by atoms with E-state index in [0.29, 0.717) is 5.56 Å². The van der Waals surface area contributed by atoms with Gasteiger partial charge in [0.15, 0.2) is 0 Å². The van der Waals surface area contributed by atoms with Gasteiger partial charge >= 0.3 is 0 Å². The quantitative estimate of drug-likeness (QED) is 0.721. The largest absolute Gasteiger partial charge is 0.464 e. The van der Waals surface area contributed by atoms with Crippen LogP contribution in [0.15, 0.2) is 47.1 Å². The van der Waals surface area contributed by atoms with E-state index in [9.17, 15) is 9.59 Å². The number of nitrogens with one attached hydrogen (secondary N) is 2. The Morgan fingerprint density at radius 3 is 2.44 bits per heavy atom. The third-order valence-electron chi connectivity index (χ3n) is 4.10. The van der Waals surface area contributed by atoms with Crippen LogP contribution in [-0.4, -0.2) is 11.8 Å². The minimum atomic E-state index is -0.335. The van der Waals surface area contributed by atoms with Crippen LogP contribution < -0.4 is 10.9 Å². The summed E-state index contributed by atoms with van der Waals surface area (Å²) in [7, 11) is 0. The molecule has 1 heterocycles. The highest BCUT2D eigenvalue weighted by molar-refractivity contribution is 5.97. The molecule has 0 radical (unpaired) electrons. The van der Waals surface area contributed by atoms with Crippen molar-refractivity contribution in [3.05, 3.63) is 70.5 Å². The average Bonchev–Trinajstić information content (AvgIpc) is 2.94. The van der Waals surface area contributed by atoms with Crippen molar-refractivity contribution in [2.45, 2.75) is 27.2 Å². The molecule has 0 aliphatic rings. The fourth-order valence-electron chi connectivity index (χ4n) is 2.81. The van der Waals surface area contributed by atoms with Gasteiger partial charge in [-0.2, -0.15) is 0 Å². The van der Waals surface area contributed by atoms with Gasteiger partial charge in [-0.1, -0.05) is 29.8 Å². The van der Waals surface area contributed by atoms with E-state index < -0.39 is 0 Å². The predicted molar refractivity (Wildman–Crippen MR) is 96.2 cm³/mol. The van der Waals surface area contributed by atoms with E-state index >= 15 is 0 Å². The minimum absolute atomic E-state index is 0.128. The lowest BCUT2D eigenvalue weighted by Gasteiger charge is -2.09. The molecule has 0 atom stereocenters. The molecule has 1 aromatic heterocycles. The van der Waals surface area contributed by atoms with Crippen LogP contribution in [0.25, 0.3) is 11.0 Å². The lowest BCUT2D eigenvalue weighted by molar-refractivity contribution is -0.121. The van der Waals surface area contributed by atoms with Crippen molar-refractivity contribution in [1.82, 2.24) is 10.9 Å². The molecule has 0 aliphatic carbocycles. The van der Waals surface area contributed by atoms with Gasteiger partial charge in [0.2, 0.25) is 5.91 Å². The van der Waals surface area contributed by atoms with E-state index in [1.807, 2.05) is 51.1 Å². The van der Waals surface area contributed by atoms with Crippen molar-refractivity contribution in [3.63, 3.8) is 0 Å². The van der Waals surface area contributed by atoms with Crippen LogP contribution >= 0.6 is 0 Å². The summed E-state index contributed by atoms with van der Waals surface area (Å²) in [5.74, 6) is -0.639. The normalized spacial score (nSPS) is 10.7. The lowest BCUT2D eigenvalue weighted by Crippen LogP contribution is -2.42. The fourth-order valence-corrected chi connectivity index (χ4v) is 2.81. The summed E-state index contributed by atoms with van der Waals surface area (Å²) in [4.78, 5) is 24.3. The first kappa shape index (κ1) is 16.8. The Morgan fingerprint density at radius 2 is 1.68 bits per heavy atom. The van der Waals surface area contributed by atoms with Gasteiger partial charge in [0.05, 0.1) is 12.7 Å². The van der Waals surface area contributed by atoms with Crippen molar-refractivity contribution in [2.24, 2.45) is 0 Å². The SMILES string of the molecule is Cc1ccc(C(=O)NNC(=O)Cc2coc3cc(C)ccc23)c(C)c1. The van der Waals surface area contributed by atoms with Crippen molar-refractivity contribution >= 4 is 22.8 Å². The molecule has 0 aliphatic heterocycles. The third kappa shape index (κ3) is 3.71. The zero-order valence-electron chi connectivity index (χ0n) is 14.5. The Morgan fingerprint density at radius 1 is 0.960 bits per heavy atom. The molecule has 0 saturated heterocycles. The first-order valence-electron chi connectivity index (χ1n) is 8.07. The van der Waals surface area contributed by atoms with Gasteiger partial charge in [-0.25, -0.2) is 0 Å². The van der Waals surface area contributed by atoms with Crippen molar-refractivity contribution in [1.29, 1.82) is 0 Å². The first-order chi connectivity index (χ1) is 11.9. The number of benzene rings is 2. The van der Waals surface area contributed by atoms with Crippen LogP contribution in [0, 0.1) is 20.8 Å². The van der Waals surface area contributed by atoms with E-state index in [1.165, 1.54) is 0 Å². The maximum Gasteiger partial charge on any atom is 0.269 e. The highest BCUT2D eigenvalue weighted by Crippen LogP contribution is 2.22. The molecule has 0 saturated carbocycles. The number of furan rings is 1. The Hall–Kier alpha value is -3.08. The Labute approximate surface area is 146 Å². The molecular formula is C20H20N2O3. The molecule has 2 N–H and O–H groups in total.